The smallest absolute Gasteiger partial charge is 0.332 e. The second-order valence-electron chi connectivity index (χ2n) is 6.15. The van der Waals surface area contributed by atoms with Crippen LogP contribution in [0.25, 0.3) is 16.9 Å². The van der Waals surface area contributed by atoms with Gasteiger partial charge in [0.15, 0.2) is 0 Å². The summed E-state index contributed by atoms with van der Waals surface area (Å²) < 4.78 is 7.02. The Morgan fingerprint density at radius 1 is 1.21 bits per heavy atom. The van der Waals surface area contributed by atoms with Crippen molar-refractivity contribution in [1.29, 1.82) is 0 Å². The number of H-pyrrole nitrogens is 2. The number of hydrogen-bond acceptors (Lipinski definition) is 5. The Balaban J connectivity index is 0.00000109. The highest BCUT2D eigenvalue weighted by Crippen LogP contribution is 2.36. The quantitative estimate of drug-likeness (QED) is 0.464. The van der Waals surface area contributed by atoms with Gasteiger partial charge in [-0.15, -0.1) is 0 Å². The van der Waals surface area contributed by atoms with E-state index in [2.05, 4.69) is 9.97 Å². The number of rotatable bonds is 3. The van der Waals surface area contributed by atoms with Crippen LogP contribution in [-0.2, 0) is 4.79 Å². The van der Waals surface area contributed by atoms with Gasteiger partial charge in [-0.2, -0.15) is 0 Å². The first kappa shape index (κ1) is 19.2. The number of hydrogen-bond donors (Lipinski definition) is 5. The van der Waals surface area contributed by atoms with Gasteiger partial charge < -0.3 is 26.9 Å². The maximum atomic E-state index is 12.5. The molecule has 0 saturated carbocycles. The monoisotopic (exact) mass is 384 g/mol. The van der Waals surface area contributed by atoms with Crippen molar-refractivity contribution in [2.75, 3.05) is 18.1 Å². The summed E-state index contributed by atoms with van der Waals surface area (Å²) in [4.78, 5) is 29.8. The molecular formula is C19H24N6O3. The van der Waals surface area contributed by atoms with Crippen LogP contribution in [0.5, 0.6) is 5.75 Å². The van der Waals surface area contributed by atoms with E-state index < -0.39 is 17.5 Å². The molecule has 1 atom stereocenters. The number of fused-ring (bicyclic) bond motifs is 1. The van der Waals surface area contributed by atoms with E-state index in [-0.39, 0.29) is 5.82 Å². The van der Waals surface area contributed by atoms with Crippen molar-refractivity contribution in [2.24, 2.45) is 5.73 Å². The van der Waals surface area contributed by atoms with E-state index in [1.54, 1.807) is 30.5 Å². The minimum atomic E-state index is -0.466. The van der Waals surface area contributed by atoms with Gasteiger partial charge in [0.25, 0.3) is 0 Å². The summed E-state index contributed by atoms with van der Waals surface area (Å²) in [7, 11) is 0. The number of nitrogen functional groups attached to an aromatic ring is 2. The molecule has 148 valence electrons. The largest absolute Gasteiger partial charge is 0.493 e. The molecule has 2 aromatic heterocycles. The molecule has 0 aliphatic carbocycles. The molecule has 1 aliphatic rings. The van der Waals surface area contributed by atoms with Crippen LogP contribution in [0.1, 0.15) is 31.7 Å². The molecule has 9 heteroatoms. The highest BCUT2D eigenvalue weighted by atomic mass is 16.5. The van der Waals surface area contributed by atoms with Crippen LogP contribution in [-0.4, -0.2) is 27.0 Å². The molecule has 9 nitrogen and oxygen atoms in total. The van der Waals surface area contributed by atoms with Gasteiger partial charge >= 0.3 is 5.69 Å². The Kier molecular flexibility index (Phi) is 5.16. The highest BCUT2D eigenvalue weighted by Gasteiger charge is 2.27. The summed E-state index contributed by atoms with van der Waals surface area (Å²) in [5.74, 6) is 0.278. The van der Waals surface area contributed by atoms with Crippen molar-refractivity contribution in [3.63, 3.8) is 0 Å². The second-order valence-corrected chi connectivity index (χ2v) is 6.15. The number of aromatic amines is 2. The fourth-order valence-corrected chi connectivity index (χ4v) is 3.37. The highest BCUT2D eigenvalue weighted by molar-refractivity contribution is 5.84. The maximum Gasteiger partial charge on any atom is 0.332 e. The summed E-state index contributed by atoms with van der Waals surface area (Å²) in [5, 5.41) is 0. The average Bonchev–Trinajstić information content (AvgIpc) is 3.23. The SMILES string of the molecule is CC.NC(=O)C1CCOc2ccc(-n3c(-c4cc[nH]c4N)c(N)[nH]c3=O)cc21. The number of anilines is 2. The van der Waals surface area contributed by atoms with Crippen LogP contribution in [0.2, 0.25) is 0 Å². The van der Waals surface area contributed by atoms with Gasteiger partial charge in [-0.05, 0) is 30.7 Å². The molecular weight excluding hydrogens is 360 g/mol. The van der Waals surface area contributed by atoms with Gasteiger partial charge in [-0.3, -0.25) is 14.3 Å². The Morgan fingerprint density at radius 2 is 1.96 bits per heavy atom. The molecule has 0 bridgehead atoms. The van der Waals surface area contributed by atoms with Crippen LogP contribution < -0.4 is 27.6 Å². The van der Waals surface area contributed by atoms with Crippen LogP contribution >= 0.6 is 0 Å². The number of primary amides is 1. The average molecular weight is 384 g/mol. The summed E-state index contributed by atoms with van der Waals surface area (Å²) in [5.41, 5.74) is 19.3. The zero-order valence-corrected chi connectivity index (χ0v) is 15.8. The number of amides is 1. The van der Waals surface area contributed by atoms with E-state index in [0.29, 0.717) is 47.1 Å². The van der Waals surface area contributed by atoms with Crippen LogP contribution in [0.4, 0.5) is 11.6 Å². The minimum Gasteiger partial charge on any atom is -0.493 e. The fourth-order valence-electron chi connectivity index (χ4n) is 3.37. The van der Waals surface area contributed by atoms with Crippen molar-refractivity contribution in [2.45, 2.75) is 26.2 Å². The first-order chi connectivity index (χ1) is 13.5. The zero-order chi connectivity index (χ0) is 20.4. The summed E-state index contributed by atoms with van der Waals surface area (Å²) in [6.07, 6.45) is 2.16. The molecule has 0 fully saturated rings. The number of nitrogens with two attached hydrogens (primary N) is 3. The van der Waals surface area contributed by atoms with Gasteiger partial charge in [0, 0.05) is 17.3 Å². The van der Waals surface area contributed by atoms with Crippen LogP contribution in [0.15, 0.2) is 35.3 Å². The lowest BCUT2D eigenvalue weighted by Crippen LogP contribution is -2.27. The van der Waals surface area contributed by atoms with Gasteiger partial charge in [0.2, 0.25) is 5.91 Å². The van der Waals surface area contributed by atoms with E-state index in [4.69, 9.17) is 21.9 Å². The summed E-state index contributed by atoms with van der Waals surface area (Å²) in [6, 6.07) is 6.91. The van der Waals surface area contributed by atoms with Crippen molar-refractivity contribution in [3.8, 4) is 22.7 Å². The minimum absolute atomic E-state index is 0.196. The zero-order valence-electron chi connectivity index (χ0n) is 15.8. The summed E-state index contributed by atoms with van der Waals surface area (Å²) >= 11 is 0. The molecule has 28 heavy (non-hydrogen) atoms. The molecule has 8 N–H and O–H groups in total. The maximum absolute atomic E-state index is 12.5. The number of carbonyl (C=O) groups excluding carboxylic acids is 1. The van der Waals surface area contributed by atoms with Gasteiger partial charge in [0.1, 0.15) is 23.1 Å². The molecule has 1 amide bonds. The molecule has 0 saturated heterocycles. The van der Waals surface area contributed by atoms with Gasteiger partial charge in [-0.25, -0.2) is 4.79 Å². The van der Waals surface area contributed by atoms with Gasteiger partial charge in [0.05, 0.1) is 18.2 Å². The Bertz CT molecular complexity index is 1060. The molecule has 1 unspecified atom stereocenters. The second kappa shape index (κ2) is 7.55. The number of aromatic nitrogens is 3. The number of imidazole rings is 1. The predicted molar refractivity (Wildman–Crippen MR) is 108 cm³/mol. The van der Waals surface area contributed by atoms with Crippen LogP contribution in [0, 0.1) is 0 Å². The molecule has 0 spiro atoms. The number of carbonyl (C=O) groups is 1. The first-order valence-electron chi connectivity index (χ1n) is 9.07. The number of nitrogens with zero attached hydrogens (tertiary/aromatic N) is 1. The van der Waals surface area contributed by atoms with Crippen molar-refractivity contribution in [1.82, 2.24) is 14.5 Å². The molecule has 1 aromatic carbocycles. The number of benzene rings is 1. The Hall–Kier alpha value is -3.62. The number of ether oxygens (including phenoxy) is 1. The Morgan fingerprint density at radius 3 is 2.61 bits per heavy atom. The third-order valence-corrected chi connectivity index (χ3v) is 4.59. The normalized spacial score (nSPS) is 15.1. The number of nitrogens with one attached hydrogen (secondary N) is 2. The molecule has 1 aliphatic heterocycles. The molecule has 0 radical (unpaired) electrons. The lowest BCUT2D eigenvalue weighted by Gasteiger charge is -2.24. The summed E-state index contributed by atoms with van der Waals surface area (Å²) in [6.45, 7) is 4.42. The first-order valence-corrected chi connectivity index (χ1v) is 9.07. The van der Waals surface area contributed by atoms with Crippen molar-refractivity contribution >= 4 is 17.5 Å². The molecule has 3 aromatic rings. The lowest BCUT2D eigenvalue weighted by molar-refractivity contribution is -0.120. The van der Waals surface area contributed by atoms with Crippen molar-refractivity contribution in [3.05, 3.63) is 46.5 Å². The lowest BCUT2D eigenvalue weighted by atomic mass is 9.92. The van der Waals surface area contributed by atoms with Crippen molar-refractivity contribution < 1.29 is 9.53 Å². The van der Waals surface area contributed by atoms with Crippen LogP contribution in [0.3, 0.4) is 0 Å². The molecule has 3 heterocycles. The molecule has 4 rings (SSSR count). The predicted octanol–water partition coefficient (Wildman–Crippen LogP) is 1.70. The fraction of sp³-hybridized carbons (Fsp3) is 0.263. The van der Waals surface area contributed by atoms with E-state index >= 15 is 0 Å². The third-order valence-electron chi connectivity index (χ3n) is 4.59. The van der Waals surface area contributed by atoms with Gasteiger partial charge in [-0.1, -0.05) is 13.8 Å². The Labute approximate surface area is 161 Å². The van der Waals surface area contributed by atoms with E-state index in [1.165, 1.54) is 4.57 Å². The van der Waals surface area contributed by atoms with E-state index in [9.17, 15) is 9.59 Å². The van der Waals surface area contributed by atoms with E-state index in [1.807, 2.05) is 13.8 Å². The standard InChI is InChI=1S/C17H18N6O3.C2H6/c18-14-10(3-5-21-14)13-15(19)22-17(25)23(13)8-1-2-12-11(7-8)9(16(20)24)4-6-26-12;1-2/h1-3,5,7,9,21H,4,6,18-19H2,(H2,20,24)(H,22,25);1-2H3. The third kappa shape index (κ3) is 3.11. The van der Waals surface area contributed by atoms with E-state index in [0.717, 1.165) is 0 Å². The topological polar surface area (TPSA) is 158 Å².